The molecule has 0 saturated carbocycles. The highest BCUT2D eigenvalue weighted by Crippen LogP contribution is 2.24. The van der Waals surface area contributed by atoms with Crippen LogP contribution in [-0.2, 0) is 17.9 Å². The van der Waals surface area contributed by atoms with Crippen molar-refractivity contribution in [3.63, 3.8) is 0 Å². The van der Waals surface area contributed by atoms with Gasteiger partial charge >= 0.3 is 0 Å². The number of nitrogens with one attached hydrogen (secondary N) is 1. The predicted molar refractivity (Wildman–Crippen MR) is 129 cm³/mol. The molecule has 0 bridgehead atoms. The van der Waals surface area contributed by atoms with E-state index in [-0.39, 0.29) is 11.8 Å². The number of hydrogen-bond donors (Lipinski definition) is 1. The van der Waals surface area contributed by atoms with Crippen LogP contribution in [0.4, 0.5) is 0 Å². The van der Waals surface area contributed by atoms with E-state index in [0.29, 0.717) is 17.9 Å². The van der Waals surface area contributed by atoms with Gasteiger partial charge in [-0.25, -0.2) is 0 Å². The summed E-state index contributed by atoms with van der Waals surface area (Å²) >= 11 is 5.47. The molecule has 0 atom stereocenters. The van der Waals surface area contributed by atoms with Crippen molar-refractivity contribution in [2.45, 2.75) is 25.9 Å². The summed E-state index contributed by atoms with van der Waals surface area (Å²) < 4.78 is 5.84. The Morgan fingerprint density at radius 3 is 2.06 bits per heavy atom. The van der Waals surface area contributed by atoms with E-state index in [1.165, 1.54) is 5.56 Å². The van der Waals surface area contributed by atoms with Gasteiger partial charge in [0.25, 0.3) is 5.24 Å². The second-order valence-electron chi connectivity index (χ2n) is 8.30. The van der Waals surface area contributed by atoms with Crippen molar-refractivity contribution in [3.05, 3.63) is 95.6 Å². The number of benzene rings is 3. The molecule has 0 unspecified atom stereocenters. The maximum Gasteiger partial charge on any atom is 0.252 e. The molecule has 0 radical (unpaired) electrons. The Morgan fingerprint density at radius 2 is 1.45 bits per heavy atom. The molecule has 6 heteroatoms. The number of carbonyl (C=O) groups excluding carboxylic acids is 2. The number of halogens is 1. The Morgan fingerprint density at radius 1 is 0.848 bits per heavy atom. The first kappa shape index (κ1) is 23.0. The van der Waals surface area contributed by atoms with Crippen LogP contribution in [0.5, 0.6) is 11.5 Å². The monoisotopic (exact) mass is 462 g/mol. The average Bonchev–Trinajstić information content (AvgIpc) is 2.85. The Bertz CT molecular complexity index is 1060. The second kappa shape index (κ2) is 11.1. The minimum Gasteiger partial charge on any atom is -0.457 e. The molecule has 3 aromatic carbocycles. The summed E-state index contributed by atoms with van der Waals surface area (Å²) in [6.07, 6.45) is 1.76. The van der Waals surface area contributed by atoms with Gasteiger partial charge < -0.3 is 10.1 Å². The zero-order chi connectivity index (χ0) is 23.0. The van der Waals surface area contributed by atoms with Gasteiger partial charge in [0.15, 0.2) is 0 Å². The van der Waals surface area contributed by atoms with E-state index in [4.69, 9.17) is 16.3 Å². The molecule has 1 aliphatic rings. The molecule has 1 N–H and O–H groups in total. The highest BCUT2D eigenvalue weighted by Gasteiger charge is 2.24. The zero-order valence-electron chi connectivity index (χ0n) is 18.4. The van der Waals surface area contributed by atoms with E-state index in [9.17, 15) is 9.59 Å². The number of piperidine rings is 1. The first-order valence-corrected chi connectivity index (χ1v) is 11.6. The Labute approximate surface area is 199 Å². The van der Waals surface area contributed by atoms with Crippen LogP contribution in [0.2, 0.25) is 0 Å². The fourth-order valence-corrected chi connectivity index (χ4v) is 4.12. The smallest absolute Gasteiger partial charge is 0.252 e. The van der Waals surface area contributed by atoms with E-state index >= 15 is 0 Å². The van der Waals surface area contributed by atoms with Crippen molar-refractivity contribution in [2.75, 3.05) is 13.1 Å². The van der Waals surface area contributed by atoms with Crippen LogP contribution in [0, 0.1) is 5.92 Å². The SMILES string of the molecule is O=C(Cl)c1ccc(Oc2ccc(CN3CCC(C(=O)NCc4ccccc4)CC3)cc2)cc1. The van der Waals surface area contributed by atoms with E-state index in [2.05, 4.69) is 22.3 Å². The molecule has 1 fully saturated rings. The van der Waals surface area contributed by atoms with E-state index < -0.39 is 5.24 Å². The third-order valence-electron chi connectivity index (χ3n) is 5.91. The molecule has 170 valence electrons. The molecule has 33 heavy (non-hydrogen) atoms. The minimum atomic E-state index is -0.484. The van der Waals surface area contributed by atoms with Crippen molar-refractivity contribution < 1.29 is 14.3 Å². The van der Waals surface area contributed by atoms with Crippen molar-refractivity contribution >= 4 is 22.8 Å². The maximum atomic E-state index is 12.5. The van der Waals surface area contributed by atoms with Crippen LogP contribution in [0.3, 0.4) is 0 Å². The fourth-order valence-electron chi connectivity index (χ4n) is 3.99. The Hall–Kier alpha value is -3.15. The van der Waals surface area contributed by atoms with E-state index in [1.54, 1.807) is 24.3 Å². The quantitative estimate of drug-likeness (QED) is 0.456. The van der Waals surface area contributed by atoms with Crippen LogP contribution < -0.4 is 10.1 Å². The molecule has 0 aliphatic carbocycles. The van der Waals surface area contributed by atoms with Crippen LogP contribution in [0.1, 0.15) is 34.3 Å². The number of likely N-dealkylation sites (tertiary alicyclic amines) is 1. The summed E-state index contributed by atoms with van der Waals surface area (Å²) in [4.78, 5) is 26.0. The third kappa shape index (κ3) is 6.67. The van der Waals surface area contributed by atoms with Crippen molar-refractivity contribution in [1.82, 2.24) is 10.2 Å². The molecule has 1 aliphatic heterocycles. The van der Waals surface area contributed by atoms with E-state index in [1.807, 2.05) is 42.5 Å². The summed E-state index contributed by atoms with van der Waals surface area (Å²) in [5.74, 6) is 1.62. The van der Waals surface area contributed by atoms with E-state index in [0.717, 1.165) is 43.8 Å². The van der Waals surface area contributed by atoms with Gasteiger partial charge in [-0.3, -0.25) is 14.5 Å². The highest BCUT2D eigenvalue weighted by atomic mass is 35.5. The van der Waals surface area contributed by atoms with Crippen LogP contribution in [0.25, 0.3) is 0 Å². The fraction of sp³-hybridized carbons (Fsp3) is 0.259. The van der Waals surface area contributed by atoms with Crippen LogP contribution in [-0.4, -0.2) is 29.1 Å². The third-order valence-corrected chi connectivity index (χ3v) is 6.13. The zero-order valence-corrected chi connectivity index (χ0v) is 19.1. The number of hydrogen-bond acceptors (Lipinski definition) is 4. The minimum absolute atomic E-state index is 0.0845. The predicted octanol–water partition coefficient (Wildman–Crippen LogP) is 5.39. The standard InChI is InChI=1S/C27H27ClN2O3/c28-26(31)22-8-12-25(13-9-22)33-24-10-6-21(7-11-24)19-30-16-14-23(15-17-30)27(32)29-18-20-4-2-1-3-5-20/h1-13,23H,14-19H2,(H,29,32). The molecule has 1 amide bonds. The molecule has 3 aromatic rings. The topological polar surface area (TPSA) is 58.6 Å². The number of ether oxygens (including phenoxy) is 1. The van der Waals surface area contributed by atoms with Crippen LogP contribution >= 0.6 is 11.6 Å². The van der Waals surface area contributed by atoms with Crippen molar-refractivity contribution in [1.29, 1.82) is 0 Å². The highest BCUT2D eigenvalue weighted by molar-refractivity contribution is 6.67. The molecule has 4 rings (SSSR count). The summed E-state index contributed by atoms with van der Waals surface area (Å²) in [6.45, 7) is 3.26. The largest absolute Gasteiger partial charge is 0.457 e. The lowest BCUT2D eigenvalue weighted by Gasteiger charge is -2.31. The molecular weight excluding hydrogens is 436 g/mol. The van der Waals surface area contributed by atoms with Gasteiger partial charge in [-0.15, -0.1) is 0 Å². The van der Waals surface area contributed by atoms with Crippen molar-refractivity contribution in [2.24, 2.45) is 5.92 Å². The molecule has 1 heterocycles. The number of carbonyl (C=O) groups is 2. The van der Waals surface area contributed by atoms with Gasteiger partial charge in [-0.2, -0.15) is 0 Å². The molecule has 0 spiro atoms. The summed E-state index contributed by atoms with van der Waals surface area (Å²) in [7, 11) is 0. The first-order chi connectivity index (χ1) is 16.1. The van der Waals surface area contributed by atoms with Gasteiger partial charge in [0.05, 0.1) is 0 Å². The summed E-state index contributed by atoms with van der Waals surface area (Å²) in [5.41, 5.74) is 2.77. The van der Waals surface area contributed by atoms with Gasteiger partial charge in [-0.05, 0) is 85.1 Å². The lowest BCUT2D eigenvalue weighted by Crippen LogP contribution is -2.40. The molecule has 5 nitrogen and oxygen atoms in total. The Balaban J connectivity index is 1.21. The molecular formula is C27H27ClN2O3. The van der Waals surface area contributed by atoms with Gasteiger partial charge in [-0.1, -0.05) is 42.5 Å². The normalized spacial score (nSPS) is 14.6. The number of amides is 1. The maximum absolute atomic E-state index is 12.5. The summed E-state index contributed by atoms with van der Waals surface area (Å²) in [5, 5.41) is 2.59. The van der Waals surface area contributed by atoms with Crippen LogP contribution in [0.15, 0.2) is 78.9 Å². The lowest BCUT2D eigenvalue weighted by molar-refractivity contribution is -0.126. The van der Waals surface area contributed by atoms with Gasteiger partial charge in [0.2, 0.25) is 5.91 Å². The van der Waals surface area contributed by atoms with Gasteiger partial charge in [0.1, 0.15) is 11.5 Å². The van der Waals surface area contributed by atoms with Crippen molar-refractivity contribution in [3.8, 4) is 11.5 Å². The molecule has 1 saturated heterocycles. The molecule has 0 aromatic heterocycles. The first-order valence-electron chi connectivity index (χ1n) is 11.2. The Kier molecular flexibility index (Phi) is 7.76. The number of nitrogens with zero attached hydrogens (tertiary/aromatic N) is 1. The van der Waals surface area contributed by atoms with Gasteiger partial charge in [0, 0.05) is 24.6 Å². The summed E-state index contributed by atoms with van der Waals surface area (Å²) in [6, 6.07) is 24.8. The number of rotatable bonds is 8. The second-order valence-corrected chi connectivity index (χ2v) is 8.64. The lowest BCUT2D eigenvalue weighted by atomic mass is 9.95. The average molecular weight is 463 g/mol.